The molecule has 1 fully saturated rings. The maximum absolute atomic E-state index is 12.7. The quantitative estimate of drug-likeness (QED) is 0.513. The van der Waals surface area contributed by atoms with Gasteiger partial charge in [0.2, 0.25) is 0 Å². The number of benzene rings is 2. The molecule has 1 aliphatic rings. The third-order valence-corrected chi connectivity index (χ3v) is 6.71. The molecule has 1 aromatic heterocycles. The van der Waals surface area contributed by atoms with Gasteiger partial charge < -0.3 is 15.4 Å². The number of ether oxygens (including phenoxy) is 1. The summed E-state index contributed by atoms with van der Waals surface area (Å²) in [5.41, 5.74) is 3.00. The molecule has 0 saturated carbocycles. The van der Waals surface area contributed by atoms with Crippen LogP contribution in [-0.4, -0.2) is 41.5 Å². The third-order valence-electron chi connectivity index (χ3n) is 5.72. The first kappa shape index (κ1) is 22.6. The van der Waals surface area contributed by atoms with Crippen molar-refractivity contribution in [2.24, 2.45) is 0 Å². The van der Waals surface area contributed by atoms with Crippen molar-refractivity contribution in [2.75, 3.05) is 25.5 Å². The van der Waals surface area contributed by atoms with E-state index in [0.717, 1.165) is 37.5 Å². The van der Waals surface area contributed by atoms with Crippen LogP contribution < -0.4 is 15.4 Å². The number of hydrogen-bond donors (Lipinski definition) is 2. The van der Waals surface area contributed by atoms with E-state index in [1.54, 1.807) is 42.9 Å². The van der Waals surface area contributed by atoms with Crippen LogP contribution in [0, 0.1) is 6.92 Å². The van der Waals surface area contributed by atoms with Crippen LogP contribution in [0.25, 0.3) is 0 Å². The smallest absolute Gasteiger partial charge is 0.319 e. The van der Waals surface area contributed by atoms with Gasteiger partial charge in [-0.2, -0.15) is 4.37 Å². The number of rotatable bonds is 6. The lowest BCUT2D eigenvalue weighted by atomic mass is 9.86. The molecule has 0 spiro atoms. The van der Waals surface area contributed by atoms with Crippen LogP contribution >= 0.6 is 23.1 Å². The average Bonchev–Trinajstić information content (AvgIpc) is 3.21. The van der Waals surface area contributed by atoms with E-state index >= 15 is 0 Å². The molecule has 3 aromatic rings. The number of likely N-dealkylation sites (tertiary alicyclic amines) is 1. The highest BCUT2D eigenvalue weighted by Crippen LogP contribution is 2.30. The Balaban J connectivity index is 1.47. The number of amides is 2. The van der Waals surface area contributed by atoms with Crippen molar-refractivity contribution in [1.82, 2.24) is 14.6 Å². The summed E-state index contributed by atoms with van der Waals surface area (Å²) in [6.45, 7) is 4.64. The average molecular weight is 471 g/mol. The third kappa shape index (κ3) is 5.79. The Hall–Kier alpha value is -2.61. The summed E-state index contributed by atoms with van der Waals surface area (Å²) in [5, 5.41) is 6.74. The van der Waals surface area contributed by atoms with Gasteiger partial charge in [-0.3, -0.25) is 4.90 Å². The van der Waals surface area contributed by atoms with E-state index in [0.29, 0.717) is 10.7 Å². The van der Waals surface area contributed by atoms with Gasteiger partial charge in [-0.15, -0.1) is 0 Å². The molecular formula is C24H27ClN4O2S. The molecule has 32 heavy (non-hydrogen) atoms. The lowest BCUT2D eigenvalue weighted by Gasteiger charge is -2.39. The zero-order valence-electron chi connectivity index (χ0n) is 18.2. The van der Waals surface area contributed by atoms with E-state index in [9.17, 15) is 4.79 Å². The first-order chi connectivity index (χ1) is 15.5. The highest BCUT2D eigenvalue weighted by atomic mass is 35.5. The Morgan fingerprint density at radius 2 is 1.97 bits per heavy atom. The predicted molar refractivity (Wildman–Crippen MR) is 130 cm³/mol. The van der Waals surface area contributed by atoms with E-state index < -0.39 is 0 Å². The molecule has 2 unspecified atom stereocenters. The zero-order valence-corrected chi connectivity index (χ0v) is 19.7. The highest BCUT2D eigenvalue weighted by Gasteiger charge is 2.32. The molecule has 8 heteroatoms. The lowest BCUT2D eigenvalue weighted by molar-refractivity contribution is 0.167. The number of halogens is 1. The van der Waals surface area contributed by atoms with Crippen molar-refractivity contribution in [2.45, 2.75) is 31.8 Å². The number of carbonyl (C=O) groups excluding carboxylic acids is 1. The molecule has 0 radical (unpaired) electrons. The monoisotopic (exact) mass is 470 g/mol. The number of piperidine rings is 1. The van der Waals surface area contributed by atoms with Crippen LogP contribution in [0.5, 0.6) is 5.75 Å². The van der Waals surface area contributed by atoms with Gasteiger partial charge >= 0.3 is 6.03 Å². The molecule has 2 atom stereocenters. The van der Waals surface area contributed by atoms with Gasteiger partial charge in [-0.1, -0.05) is 23.7 Å². The number of nitrogens with zero attached hydrogens (tertiary/aromatic N) is 2. The minimum Gasteiger partial charge on any atom is -0.497 e. The van der Waals surface area contributed by atoms with Gasteiger partial charge in [0.05, 0.1) is 12.8 Å². The molecular weight excluding hydrogens is 444 g/mol. The largest absolute Gasteiger partial charge is 0.497 e. The lowest BCUT2D eigenvalue weighted by Crippen LogP contribution is -2.50. The molecule has 0 bridgehead atoms. The number of nitrogens with one attached hydrogen (secondary N) is 2. The molecule has 4 rings (SSSR count). The fraction of sp³-hybridized carbons (Fsp3) is 0.333. The SMILES string of the molecule is COc1ccc(C2CN(Cc3cc(C)sn3)CCC2NC(=O)Nc2ccc(Cl)cc2)cc1. The van der Waals surface area contributed by atoms with Crippen LogP contribution in [-0.2, 0) is 6.54 Å². The maximum atomic E-state index is 12.7. The number of aryl methyl sites for hydroxylation is 1. The van der Waals surface area contributed by atoms with Crippen molar-refractivity contribution < 1.29 is 9.53 Å². The molecule has 1 saturated heterocycles. The predicted octanol–water partition coefficient (Wildman–Crippen LogP) is 5.29. The summed E-state index contributed by atoms with van der Waals surface area (Å²) < 4.78 is 9.86. The molecule has 2 aromatic carbocycles. The van der Waals surface area contributed by atoms with Crippen molar-refractivity contribution in [3.8, 4) is 5.75 Å². The Kier molecular flexibility index (Phi) is 7.29. The Labute approximate surface area is 197 Å². The number of methoxy groups -OCH3 is 1. The van der Waals surface area contributed by atoms with Gasteiger partial charge in [-0.05, 0) is 72.9 Å². The second-order valence-corrected chi connectivity index (χ2v) is 9.49. The molecule has 2 N–H and O–H groups in total. The molecule has 2 amide bonds. The highest BCUT2D eigenvalue weighted by molar-refractivity contribution is 7.05. The van der Waals surface area contributed by atoms with Crippen LogP contribution in [0.2, 0.25) is 5.02 Å². The van der Waals surface area contributed by atoms with Gasteiger partial charge in [-0.25, -0.2) is 4.79 Å². The van der Waals surface area contributed by atoms with Crippen molar-refractivity contribution in [3.05, 3.63) is 75.8 Å². The van der Waals surface area contributed by atoms with E-state index in [4.69, 9.17) is 16.3 Å². The molecule has 1 aliphatic heterocycles. The summed E-state index contributed by atoms with van der Waals surface area (Å²) in [6.07, 6.45) is 0.855. The van der Waals surface area contributed by atoms with Gasteiger partial charge in [0.15, 0.2) is 0 Å². The topological polar surface area (TPSA) is 66.5 Å². The van der Waals surface area contributed by atoms with E-state index in [1.807, 2.05) is 12.1 Å². The van der Waals surface area contributed by atoms with Crippen molar-refractivity contribution >= 4 is 34.9 Å². The van der Waals surface area contributed by atoms with Gasteiger partial charge in [0.1, 0.15) is 5.75 Å². The maximum Gasteiger partial charge on any atom is 0.319 e. The second kappa shape index (κ2) is 10.3. The minimum atomic E-state index is -0.209. The van der Waals surface area contributed by atoms with E-state index in [2.05, 4.69) is 45.0 Å². The van der Waals surface area contributed by atoms with Crippen molar-refractivity contribution in [3.63, 3.8) is 0 Å². The van der Waals surface area contributed by atoms with Gasteiger partial charge in [0, 0.05) is 47.2 Å². The van der Waals surface area contributed by atoms with Crippen LogP contribution in [0.15, 0.2) is 54.6 Å². The number of urea groups is 1. The summed E-state index contributed by atoms with van der Waals surface area (Å²) in [6, 6.07) is 17.2. The fourth-order valence-electron chi connectivity index (χ4n) is 4.12. The first-order valence-corrected chi connectivity index (χ1v) is 11.8. The summed E-state index contributed by atoms with van der Waals surface area (Å²) >= 11 is 7.48. The molecule has 6 nitrogen and oxygen atoms in total. The standard InChI is InChI=1S/C24H27ClN4O2S/c1-16-13-20(28-32-16)14-29-12-11-23(22(15-29)17-3-9-21(31-2)10-4-17)27-24(30)26-19-7-5-18(25)6-8-19/h3-10,13,22-23H,11-12,14-15H2,1-2H3,(H2,26,27,30). The first-order valence-electron chi connectivity index (χ1n) is 10.6. The van der Waals surface area contributed by atoms with E-state index in [-0.39, 0.29) is 18.0 Å². The Morgan fingerprint density at radius 1 is 1.22 bits per heavy atom. The number of hydrogen-bond acceptors (Lipinski definition) is 5. The van der Waals surface area contributed by atoms with Crippen LogP contribution in [0.4, 0.5) is 10.5 Å². The van der Waals surface area contributed by atoms with Crippen molar-refractivity contribution in [1.29, 1.82) is 0 Å². The summed E-state index contributed by atoms with van der Waals surface area (Å²) in [7, 11) is 1.67. The van der Waals surface area contributed by atoms with Crippen LogP contribution in [0.1, 0.15) is 28.5 Å². The zero-order chi connectivity index (χ0) is 22.5. The number of aromatic nitrogens is 1. The summed E-state index contributed by atoms with van der Waals surface area (Å²) in [5.74, 6) is 0.981. The Morgan fingerprint density at radius 3 is 2.62 bits per heavy atom. The fourth-order valence-corrected chi connectivity index (χ4v) is 4.80. The molecule has 2 heterocycles. The second-order valence-electron chi connectivity index (χ2n) is 8.04. The number of anilines is 1. The molecule has 0 aliphatic carbocycles. The van der Waals surface area contributed by atoms with Gasteiger partial charge in [0.25, 0.3) is 0 Å². The Bertz CT molecular complexity index is 1040. The summed E-state index contributed by atoms with van der Waals surface area (Å²) in [4.78, 5) is 16.4. The molecule has 168 valence electrons. The normalized spacial score (nSPS) is 18.8. The van der Waals surface area contributed by atoms with E-state index in [1.165, 1.54) is 10.4 Å². The minimum absolute atomic E-state index is 0.0177. The van der Waals surface area contributed by atoms with Crippen LogP contribution in [0.3, 0.4) is 0 Å². The number of carbonyl (C=O) groups is 1.